The molecule has 1 N–H and O–H groups in total. The molecule has 3 rings (SSSR count). The predicted octanol–water partition coefficient (Wildman–Crippen LogP) is 2.49. The molecule has 3 aliphatic rings. The van der Waals surface area contributed by atoms with E-state index < -0.39 is 5.60 Å². The summed E-state index contributed by atoms with van der Waals surface area (Å²) in [5.41, 5.74) is -0.480. The summed E-state index contributed by atoms with van der Waals surface area (Å²) in [5, 5.41) is 2.97. The molecule has 0 aromatic heterocycles. The van der Waals surface area contributed by atoms with Gasteiger partial charge in [-0.15, -0.1) is 0 Å². The summed E-state index contributed by atoms with van der Waals surface area (Å²) in [6, 6.07) is 0.129. The first-order valence-electron chi connectivity index (χ1n) is 7.37. The van der Waals surface area contributed by atoms with Crippen LogP contribution in [0.15, 0.2) is 0 Å². The van der Waals surface area contributed by atoms with Gasteiger partial charge in [0.15, 0.2) is 0 Å². The van der Waals surface area contributed by atoms with Gasteiger partial charge in [-0.25, -0.2) is 4.79 Å². The van der Waals surface area contributed by atoms with E-state index in [0.717, 1.165) is 25.7 Å². The van der Waals surface area contributed by atoms with E-state index in [9.17, 15) is 9.59 Å². The summed E-state index contributed by atoms with van der Waals surface area (Å²) in [5.74, 6) is 0.592. The number of ether oxygens (including phenoxy) is 2. The van der Waals surface area contributed by atoms with Gasteiger partial charge >= 0.3 is 12.1 Å². The molecule has 5 nitrogen and oxygen atoms in total. The topological polar surface area (TPSA) is 64.6 Å². The van der Waals surface area contributed by atoms with Gasteiger partial charge in [-0.3, -0.25) is 4.79 Å². The Bertz CT molecular complexity index is 388. The van der Waals surface area contributed by atoms with E-state index in [1.807, 2.05) is 20.8 Å². The van der Waals surface area contributed by atoms with E-state index >= 15 is 0 Å². The maximum atomic E-state index is 11.8. The van der Waals surface area contributed by atoms with Gasteiger partial charge in [0, 0.05) is 6.04 Å². The summed E-state index contributed by atoms with van der Waals surface area (Å²) < 4.78 is 10.2. The van der Waals surface area contributed by atoms with Crippen LogP contribution < -0.4 is 5.32 Å². The molecule has 3 aliphatic carbocycles. The average Bonchev–Trinajstić information content (AvgIpc) is 2.36. The highest BCUT2D eigenvalue weighted by atomic mass is 16.6. The van der Waals surface area contributed by atoms with Crippen molar-refractivity contribution in [2.45, 2.75) is 58.1 Å². The third-order valence-corrected chi connectivity index (χ3v) is 4.37. The Morgan fingerprint density at radius 3 is 2.25 bits per heavy atom. The molecule has 0 saturated heterocycles. The van der Waals surface area contributed by atoms with Crippen molar-refractivity contribution in [3.63, 3.8) is 0 Å². The smallest absolute Gasteiger partial charge is 0.407 e. The fourth-order valence-corrected chi connectivity index (χ4v) is 3.51. The molecule has 5 heteroatoms. The van der Waals surface area contributed by atoms with Crippen molar-refractivity contribution in [1.82, 2.24) is 5.32 Å². The van der Waals surface area contributed by atoms with Crippen LogP contribution in [0.1, 0.15) is 46.5 Å². The van der Waals surface area contributed by atoms with E-state index in [-0.39, 0.29) is 24.0 Å². The van der Waals surface area contributed by atoms with E-state index in [1.54, 1.807) is 0 Å². The highest BCUT2D eigenvalue weighted by molar-refractivity contribution is 5.73. The van der Waals surface area contributed by atoms with Gasteiger partial charge in [-0.1, -0.05) is 0 Å². The Hall–Kier alpha value is -1.26. The Labute approximate surface area is 120 Å². The lowest BCUT2D eigenvalue weighted by Crippen LogP contribution is -2.52. The summed E-state index contributed by atoms with van der Waals surface area (Å²) >= 11 is 0. The molecular formula is C15H25NO4. The molecule has 4 unspecified atom stereocenters. The van der Waals surface area contributed by atoms with Crippen LogP contribution in [-0.2, 0) is 14.3 Å². The minimum absolute atomic E-state index is 0.00966. The second-order valence-corrected chi connectivity index (χ2v) is 6.95. The number of carbonyl (C=O) groups is 2. The molecule has 0 aromatic rings. The van der Waals surface area contributed by atoms with Gasteiger partial charge in [0.05, 0.1) is 13.0 Å². The number of rotatable bonds is 2. The molecule has 3 saturated carbocycles. The Kier molecular flexibility index (Phi) is 4.25. The largest absolute Gasteiger partial charge is 0.469 e. The maximum Gasteiger partial charge on any atom is 0.407 e. The monoisotopic (exact) mass is 283 g/mol. The van der Waals surface area contributed by atoms with Crippen LogP contribution in [0.3, 0.4) is 0 Å². The third-order valence-electron chi connectivity index (χ3n) is 4.37. The SMILES string of the molecule is COC(=O)C1CC2CCC1CC2NC(=O)OC(C)(C)C. The number of esters is 1. The number of carbonyl (C=O) groups excluding carboxylic acids is 2. The Balaban J connectivity index is 1.91. The van der Waals surface area contributed by atoms with Crippen molar-refractivity contribution in [2.24, 2.45) is 17.8 Å². The van der Waals surface area contributed by atoms with Crippen molar-refractivity contribution in [2.75, 3.05) is 7.11 Å². The number of nitrogens with one attached hydrogen (secondary N) is 1. The first-order chi connectivity index (χ1) is 9.30. The quantitative estimate of drug-likeness (QED) is 0.791. The van der Waals surface area contributed by atoms with Gasteiger partial charge < -0.3 is 14.8 Å². The molecular weight excluding hydrogens is 258 g/mol. The molecule has 1 amide bonds. The van der Waals surface area contributed by atoms with Crippen molar-refractivity contribution >= 4 is 12.1 Å². The van der Waals surface area contributed by atoms with E-state index in [1.165, 1.54) is 7.11 Å². The number of fused-ring (bicyclic) bond motifs is 3. The summed E-state index contributed by atoms with van der Waals surface area (Å²) in [6.45, 7) is 5.56. The second kappa shape index (κ2) is 5.62. The van der Waals surface area contributed by atoms with E-state index in [2.05, 4.69) is 5.32 Å². The van der Waals surface area contributed by atoms with Crippen LogP contribution in [0.25, 0.3) is 0 Å². The van der Waals surface area contributed by atoms with Crippen LogP contribution in [0.5, 0.6) is 0 Å². The number of methoxy groups -OCH3 is 1. The molecule has 0 aromatic carbocycles. The summed E-state index contributed by atoms with van der Waals surface area (Å²) in [4.78, 5) is 23.6. The highest BCUT2D eigenvalue weighted by Crippen LogP contribution is 2.45. The zero-order valence-electron chi connectivity index (χ0n) is 12.8. The molecule has 0 spiro atoms. The van der Waals surface area contributed by atoms with Crippen molar-refractivity contribution in [3.8, 4) is 0 Å². The normalized spacial score (nSPS) is 32.6. The van der Waals surface area contributed by atoms with Gasteiger partial charge in [0.2, 0.25) is 0 Å². The van der Waals surface area contributed by atoms with Gasteiger partial charge in [0.1, 0.15) is 5.60 Å². The summed E-state index contributed by atoms with van der Waals surface area (Å²) in [7, 11) is 1.45. The van der Waals surface area contributed by atoms with Crippen molar-refractivity contribution < 1.29 is 19.1 Å². The van der Waals surface area contributed by atoms with E-state index in [0.29, 0.717) is 11.8 Å². The fourth-order valence-electron chi connectivity index (χ4n) is 3.51. The van der Waals surface area contributed by atoms with Crippen LogP contribution in [0, 0.1) is 17.8 Å². The lowest BCUT2D eigenvalue weighted by Gasteiger charge is -2.46. The summed E-state index contributed by atoms with van der Waals surface area (Å²) in [6.07, 6.45) is 3.43. The molecule has 0 aliphatic heterocycles. The van der Waals surface area contributed by atoms with Crippen LogP contribution >= 0.6 is 0 Å². The Morgan fingerprint density at radius 2 is 1.75 bits per heavy atom. The average molecular weight is 283 g/mol. The number of hydrogen-bond donors (Lipinski definition) is 1. The van der Waals surface area contributed by atoms with Crippen LogP contribution in [-0.4, -0.2) is 30.8 Å². The third kappa shape index (κ3) is 3.44. The standard InChI is InChI=1S/C15H25NO4/c1-15(2,3)20-14(18)16-12-8-9-5-6-10(12)7-11(9)13(17)19-4/h9-12H,5-8H2,1-4H3,(H,16,18). The van der Waals surface area contributed by atoms with Crippen LogP contribution in [0.2, 0.25) is 0 Å². The molecule has 2 bridgehead atoms. The van der Waals surface area contributed by atoms with Crippen molar-refractivity contribution in [1.29, 1.82) is 0 Å². The predicted molar refractivity (Wildman–Crippen MR) is 74.1 cm³/mol. The van der Waals surface area contributed by atoms with Gasteiger partial charge in [-0.2, -0.15) is 0 Å². The zero-order valence-corrected chi connectivity index (χ0v) is 12.8. The van der Waals surface area contributed by atoms with Crippen molar-refractivity contribution in [3.05, 3.63) is 0 Å². The second-order valence-electron chi connectivity index (χ2n) is 6.95. The van der Waals surface area contributed by atoms with Gasteiger partial charge in [0.25, 0.3) is 0 Å². The number of amides is 1. The van der Waals surface area contributed by atoms with Gasteiger partial charge in [-0.05, 0) is 58.3 Å². The lowest BCUT2D eigenvalue weighted by atomic mass is 9.62. The minimum atomic E-state index is -0.480. The zero-order chi connectivity index (χ0) is 14.9. The maximum absolute atomic E-state index is 11.8. The molecule has 3 fully saturated rings. The number of alkyl carbamates (subject to hydrolysis) is 1. The molecule has 4 atom stereocenters. The van der Waals surface area contributed by atoms with Crippen LogP contribution in [0.4, 0.5) is 4.79 Å². The Morgan fingerprint density at radius 1 is 1.10 bits per heavy atom. The highest BCUT2D eigenvalue weighted by Gasteiger charge is 2.45. The fraction of sp³-hybridized carbons (Fsp3) is 0.867. The molecule has 20 heavy (non-hydrogen) atoms. The molecule has 0 heterocycles. The number of hydrogen-bond acceptors (Lipinski definition) is 4. The molecule has 0 radical (unpaired) electrons. The lowest BCUT2D eigenvalue weighted by molar-refractivity contribution is -0.151. The molecule has 114 valence electrons. The first kappa shape index (κ1) is 15.1. The van der Waals surface area contributed by atoms with E-state index in [4.69, 9.17) is 9.47 Å². The first-order valence-corrected chi connectivity index (χ1v) is 7.37. The minimum Gasteiger partial charge on any atom is -0.469 e.